The number of rotatable bonds is 6. The number of aliphatic hydroxyl groups is 1. The SMILES string of the molecule is OCCCCCCn1cc(C(F)(F)F)cn1. The number of hydrogen-bond donors (Lipinski definition) is 1. The third-order valence-electron chi connectivity index (χ3n) is 2.26. The molecule has 0 saturated heterocycles. The summed E-state index contributed by atoms with van der Waals surface area (Å²) in [6.45, 7) is 0.654. The van der Waals surface area contributed by atoms with Crippen molar-refractivity contribution < 1.29 is 18.3 Å². The van der Waals surface area contributed by atoms with Crippen LogP contribution in [-0.2, 0) is 12.7 Å². The third-order valence-corrected chi connectivity index (χ3v) is 2.26. The quantitative estimate of drug-likeness (QED) is 0.770. The van der Waals surface area contributed by atoms with Gasteiger partial charge in [0, 0.05) is 19.3 Å². The molecule has 1 heterocycles. The molecule has 0 aromatic carbocycles. The van der Waals surface area contributed by atoms with E-state index in [1.54, 1.807) is 0 Å². The van der Waals surface area contributed by atoms with E-state index in [9.17, 15) is 13.2 Å². The van der Waals surface area contributed by atoms with Gasteiger partial charge in [-0.25, -0.2) is 0 Å². The van der Waals surface area contributed by atoms with Gasteiger partial charge in [0.05, 0.1) is 11.8 Å². The maximum absolute atomic E-state index is 12.2. The predicted molar refractivity (Wildman–Crippen MR) is 52.8 cm³/mol. The van der Waals surface area contributed by atoms with Crippen LogP contribution >= 0.6 is 0 Å². The topological polar surface area (TPSA) is 38.0 Å². The molecular formula is C10H15F3N2O. The Labute approximate surface area is 91.9 Å². The molecule has 1 N–H and O–H groups in total. The second kappa shape index (κ2) is 5.89. The molecule has 0 radical (unpaired) electrons. The van der Waals surface area contributed by atoms with E-state index in [1.165, 1.54) is 4.68 Å². The van der Waals surface area contributed by atoms with Crippen molar-refractivity contribution in [3.63, 3.8) is 0 Å². The summed E-state index contributed by atoms with van der Waals surface area (Å²) in [7, 11) is 0. The molecule has 0 saturated carbocycles. The Bertz CT molecular complexity index is 309. The lowest BCUT2D eigenvalue weighted by Crippen LogP contribution is -2.03. The minimum absolute atomic E-state index is 0.167. The van der Waals surface area contributed by atoms with Crippen LogP contribution in [0, 0.1) is 0 Å². The van der Waals surface area contributed by atoms with Gasteiger partial charge in [-0.1, -0.05) is 12.8 Å². The molecule has 0 bridgehead atoms. The van der Waals surface area contributed by atoms with E-state index < -0.39 is 11.7 Å². The molecule has 1 rings (SSSR count). The second-order valence-corrected chi connectivity index (χ2v) is 3.63. The number of hydrogen-bond acceptors (Lipinski definition) is 2. The Morgan fingerprint density at radius 2 is 1.88 bits per heavy atom. The van der Waals surface area contributed by atoms with E-state index in [-0.39, 0.29) is 6.61 Å². The Morgan fingerprint density at radius 1 is 1.19 bits per heavy atom. The van der Waals surface area contributed by atoms with Crippen molar-refractivity contribution in [2.45, 2.75) is 38.4 Å². The minimum atomic E-state index is -4.31. The molecule has 0 fully saturated rings. The molecule has 0 spiro atoms. The normalized spacial score (nSPS) is 12.0. The minimum Gasteiger partial charge on any atom is -0.396 e. The van der Waals surface area contributed by atoms with E-state index >= 15 is 0 Å². The number of nitrogens with zero attached hydrogens (tertiary/aromatic N) is 2. The van der Waals surface area contributed by atoms with Crippen molar-refractivity contribution >= 4 is 0 Å². The fraction of sp³-hybridized carbons (Fsp3) is 0.700. The zero-order valence-corrected chi connectivity index (χ0v) is 8.87. The molecular weight excluding hydrogens is 221 g/mol. The van der Waals surface area contributed by atoms with Gasteiger partial charge in [0.15, 0.2) is 0 Å². The second-order valence-electron chi connectivity index (χ2n) is 3.63. The van der Waals surface area contributed by atoms with Crippen molar-refractivity contribution in [1.29, 1.82) is 0 Å². The molecule has 0 amide bonds. The summed E-state index contributed by atoms with van der Waals surface area (Å²) >= 11 is 0. The van der Waals surface area contributed by atoms with Gasteiger partial charge in [0.25, 0.3) is 0 Å². The summed E-state index contributed by atoms with van der Waals surface area (Å²) < 4.78 is 37.9. The van der Waals surface area contributed by atoms with Crippen LogP contribution in [0.2, 0.25) is 0 Å². The largest absolute Gasteiger partial charge is 0.419 e. The first-order chi connectivity index (χ1) is 7.54. The number of aryl methyl sites for hydroxylation is 1. The van der Waals surface area contributed by atoms with Crippen molar-refractivity contribution in [3.8, 4) is 0 Å². The van der Waals surface area contributed by atoms with E-state index in [1.807, 2.05) is 0 Å². The lowest BCUT2D eigenvalue weighted by Gasteiger charge is -2.02. The smallest absolute Gasteiger partial charge is 0.396 e. The molecule has 6 heteroatoms. The van der Waals surface area contributed by atoms with Gasteiger partial charge >= 0.3 is 6.18 Å². The summed E-state index contributed by atoms with van der Waals surface area (Å²) in [6.07, 6.45) is 0.854. The summed E-state index contributed by atoms with van der Waals surface area (Å²) in [4.78, 5) is 0. The van der Waals surface area contributed by atoms with Crippen LogP contribution in [0.1, 0.15) is 31.2 Å². The van der Waals surface area contributed by atoms with Gasteiger partial charge in [-0.2, -0.15) is 18.3 Å². The molecule has 16 heavy (non-hydrogen) atoms. The van der Waals surface area contributed by atoms with E-state index in [2.05, 4.69) is 5.10 Å². The number of halogens is 3. The molecule has 0 aliphatic heterocycles. The summed E-state index contributed by atoms with van der Waals surface area (Å²) in [5.74, 6) is 0. The number of alkyl halides is 3. The fourth-order valence-corrected chi connectivity index (χ4v) is 1.37. The summed E-state index contributed by atoms with van der Waals surface area (Å²) in [5.41, 5.74) is -0.706. The molecule has 0 aliphatic rings. The molecule has 0 unspecified atom stereocenters. The van der Waals surface area contributed by atoms with Crippen molar-refractivity contribution in [2.24, 2.45) is 0 Å². The first kappa shape index (κ1) is 13.0. The Kier molecular flexibility index (Phi) is 4.79. The molecule has 92 valence electrons. The van der Waals surface area contributed by atoms with Crippen LogP contribution < -0.4 is 0 Å². The van der Waals surface area contributed by atoms with Crippen LogP contribution in [0.3, 0.4) is 0 Å². The number of aromatic nitrogens is 2. The van der Waals surface area contributed by atoms with Gasteiger partial charge < -0.3 is 5.11 Å². The molecule has 1 aromatic rings. The van der Waals surface area contributed by atoms with Crippen molar-refractivity contribution in [1.82, 2.24) is 9.78 Å². The zero-order chi connectivity index (χ0) is 12.0. The summed E-state index contributed by atoms with van der Waals surface area (Å²) in [6, 6.07) is 0. The summed E-state index contributed by atoms with van der Waals surface area (Å²) in [5, 5.41) is 12.2. The molecule has 3 nitrogen and oxygen atoms in total. The molecule has 0 atom stereocenters. The highest BCUT2D eigenvalue weighted by atomic mass is 19.4. The van der Waals surface area contributed by atoms with Gasteiger partial charge in [-0.15, -0.1) is 0 Å². The van der Waals surface area contributed by atoms with Crippen LogP contribution in [0.5, 0.6) is 0 Å². The van der Waals surface area contributed by atoms with Gasteiger partial charge in [0.1, 0.15) is 0 Å². The first-order valence-corrected chi connectivity index (χ1v) is 5.24. The van der Waals surface area contributed by atoms with E-state index in [0.29, 0.717) is 6.54 Å². The van der Waals surface area contributed by atoms with E-state index in [4.69, 9.17) is 5.11 Å². The molecule has 0 aliphatic carbocycles. The van der Waals surface area contributed by atoms with Gasteiger partial charge in [-0.3, -0.25) is 4.68 Å². The predicted octanol–water partition coefficient (Wildman–Crippen LogP) is 2.45. The van der Waals surface area contributed by atoms with Gasteiger partial charge in [0.2, 0.25) is 0 Å². The molecule has 1 aromatic heterocycles. The Morgan fingerprint density at radius 3 is 2.44 bits per heavy atom. The Balaban J connectivity index is 2.30. The maximum atomic E-state index is 12.2. The average molecular weight is 236 g/mol. The lowest BCUT2D eigenvalue weighted by atomic mass is 10.2. The van der Waals surface area contributed by atoms with Crippen LogP contribution in [-0.4, -0.2) is 21.5 Å². The van der Waals surface area contributed by atoms with Crippen LogP contribution in [0.4, 0.5) is 13.2 Å². The highest BCUT2D eigenvalue weighted by Crippen LogP contribution is 2.28. The maximum Gasteiger partial charge on any atom is 0.419 e. The van der Waals surface area contributed by atoms with Crippen LogP contribution in [0.25, 0.3) is 0 Å². The fourth-order valence-electron chi connectivity index (χ4n) is 1.37. The highest BCUT2D eigenvalue weighted by Gasteiger charge is 2.31. The average Bonchev–Trinajstić information content (AvgIpc) is 2.65. The first-order valence-electron chi connectivity index (χ1n) is 5.24. The monoisotopic (exact) mass is 236 g/mol. The van der Waals surface area contributed by atoms with E-state index in [0.717, 1.165) is 38.1 Å². The standard InChI is InChI=1S/C10H15F3N2O/c11-10(12,13)9-7-14-15(8-9)5-3-1-2-4-6-16/h7-8,16H,1-6H2. The van der Waals surface area contributed by atoms with Gasteiger partial charge in [-0.05, 0) is 12.8 Å². The number of unbranched alkanes of at least 4 members (excludes halogenated alkanes) is 3. The van der Waals surface area contributed by atoms with Crippen molar-refractivity contribution in [2.75, 3.05) is 6.61 Å². The van der Waals surface area contributed by atoms with Crippen LogP contribution in [0.15, 0.2) is 12.4 Å². The third kappa shape index (κ3) is 4.22. The number of aliphatic hydroxyl groups excluding tert-OH is 1. The lowest BCUT2D eigenvalue weighted by molar-refractivity contribution is -0.137. The zero-order valence-electron chi connectivity index (χ0n) is 8.87. The Hall–Kier alpha value is -1.04. The highest BCUT2D eigenvalue weighted by molar-refractivity contribution is 5.08. The van der Waals surface area contributed by atoms with Crippen molar-refractivity contribution in [3.05, 3.63) is 18.0 Å².